The fourth-order valence-corrected chi connectivity index (χ4v) is 3.95. The van der Waals surface area contributed by atoms with Crippen LogP contribution in [0, 0.1) is 0 Å². The maximum absolute atomic E-state index is 12.7. The SMILES string of the molecule is CN1CC[C@H](c2c(O)cc(O)c3c(=O)cc(Oc4ccccc4Cl)oc23)[C@H](O)C1. The number of rotatable bonds is 3. The van der Waals surface area contributed by atoms with E-state index in [-0.39, 0.29) is 28.2 Å². The monoisotopic (exact) mass is 417 g/mol. The van der Waals surface area contributed by atoms with Crippen LogP contribution >= 0.6 is 11.6 Å². The smallest absolute Gasteiger partial charge is 0.294 e. The molecule has 0 spiro atoms. The normalized spacial score (nSPS) is 20.1. The van der Waals surface area contributed by atoms with Crippen molar-refractivity contribution in [2.45, 2.75) is 18.4 Å². The van der Waals surface area contributed by atoms with Gasteiger partial charge in [0, 0.05) is 24.1 Å². The summed E-state index contributed by atoms with van der Waals surface area (Å²) in [5.41, 5.74) is -0.264. The van der Waals surface area contributed by atoms with E-state index in [9.17, 15) is 20.1 Å². The van der Waals surface area contributed by atoms with Crippen LogP contribution in [0.3, 0.4) is 0 Å². The lowest BCUT2D eigenvalue weighted by Gasteiger charge is -2.34. The van der Waals surface area contributed by atoms with Gasteiger partial charge in [-0.25, -0.2) is 0 Å². The largest absolute Gasteiger partial charge is 0.507 e. The number of likely N-dealkylation sites (tertiary alicyclic amines) is 1. The number of benzene rings is 2. The molecule has 4 rings (SSSR count). The van der Waals surface area contributed by atoms with Crippen LogP contribution in [0.1, 0.15) is 17.9 Å². The van der Waals surface area contributed by atoms with E-state index in [4.69, 9.17) is 20.8 Å². The summed E-state index contributed by atoms with van der Waals surface area (Å²) in [7, 11) is 1.89. The Balaban J connectivity index is 1.88. The summed E-state index contributed by atoms with van der Waals surface area (Å²) in [6.07, 6.45) is -0.226. The maximum Gasteiger partial charge on any atom is 0.294 e. The van der Waals surface area contributed by atoms with Gasteiger partial charge in [0.1, 0.15) is 22.6 Å². The summed E-state index contributed by atoms with van der Waals surface area (Å²) in [6.45, 7) is 1.11. The molecule has 152 valence electrons. The highest BCUT2D eigenvalue weighted by Crippen LogP contribution is 2.43. The molecule has 2 heterocycles. The summed E-state index contributed by atoms with van der Waals surface area (Å²) >= 11 is 6.11. The highest BCUT2D eigenvalue weighted by atomic mass is 35.5. The Labute approximate surface area is 171 Å². The number of nitrogens with zero attached hydrogens (tertiary/aromatic N) is 1. The molecule has 0 amide bonds. The Bertz CT molecular complexity index is 1130. The van der Waals surface area contributed by atoms with E-state index < -0.39 is 23.2 Å². The number of phenols is 2. The first-order valence-corrected chi connectivity index (χ1v) is 9.54. The fraction of sp³-hybridized carbons (Fsp3) is 0.286. The number of aliphatic hydroxyl groups is 1. The van der Waals surface area contributed by atoms with Gasteiger partial charge in [-0.3, -0.25) is 4.79 Å². The minimum atomic E-state index is -0.772. The van der Waals surface area contributed by atoms with Gasteiger partial charge in [-0.15, -0.1) is 0 Å². The van der Waals surface area contributed by atoms with E-state index in [1.54, 1.807) is 24.3 Å². The number of piperidine rings is 1. The minimum Gasteiger partial charge on any atom is -0.507 e. The molecule has 7 nitrogen and oxygen atoms in total. The van der Waals surface area contributed by atoms with Gasteiger partial charge in [0.05, 0.1) is 17.2 Å². The van der Waals surface area contributed by atoms with Crippen molar-refractivity contribution in [3.8, 4) is 23.2 Å². The maximum atomic E-state index is 12.7. The van der Waals surface area contributed by atoms with Crippen LogP contribution in [-0.4, -0.2) is 46.5 Å². The van der Waals surface area contributed by atoms with Crippen LogP contribution in [0.2, 0.25) is 5.02 Å². The number of β-amino-alcohol motifs (C(OH)–C–C–N with tert-alkyl or cyclic N) is 1. The van der Waals surface area contributed by atoms with Gasteiger partial charge in [-0.1, -0.05) is 23.7 Å². The highest BCUT2D eigenvalue weighted by Gasteiger charge is 2.33. The molecule has 3 N–H and O–H groups in total. The number of ether oxygens (including phenoxy) is 1. The van der Waals surface area contributed by atoms with Gasteiger partial charge in [-0.2, -0.15) is 0 Å². The van der Waals surface area contributed by atoms with E-state index in [0.29, 0.717) is 30.3 Å². The molecule has 0 saturated carbocycles. The molecular weight excluding hydrogens is 398 g/mol. The number of aromatic hydroxyl groups is 2. The Morgan fingerprint density at radius 2 is 1.97 bits per heavy atom. The molecule has 1 fully saturated rings. The van der Waals surface area contributed by atoms with E-state index in [1.165, 1.54) is 0 Å². The topological polar surface area (TPSA) is 103 Å². The number of hydrogen-bond donors (Lipinski definition) is 3. The van der Waals surface area contributed by atoms with Gasteiger partial charge in [0.15, 0.2) is 11.0 Å². The molecule has 2 atom stereocenters. The number of para-hydroxylation sites is 1. The second kappa shape index (κ2) is 7.59. The third-order valence-electron chi connectivity index (χ3n) is 5.18. The molecule has 0 aliphatic carbocycles. The summed E-state index contributed by atoms with van der Waals surface area (Å²) in [4.78, 5) is 14.7. The van der Waals surface area contributed by atoms with Crippen molar-refractivity contribution in [2.75, 3.05) is 20.1 Å². The predicted molar refractivity (Wildman–Crippen MR) is 108 cm³/mol. The summed E-state index contributed by atoms with van der Waals surface area (Å²) in [6, 6.07) is 8.92. The molecule has 0 bridgehead atoms. The van der Waals surface area contributed by atoms with Crippen molar-refractivity contribution in [1.82, 2.24) is 4.90 Å². The van der Waals surface area contributed by atoms with Gasteiger partial charge in [0.2, 0.25) is 0 Å². The zero-order valence-electron chi connectivity index (χ0n) is 15.6. The zero-order chi connectivity index (χ0) is 20.7. The number of hydrogen-bond acceptors (Lipinski definition) is 7. The van der Waals surface area contributed by atoms with Crippen molar-refractivity contribution >= 4 is 22.6 Å². The van der Waals surface area contributed by atoms with Gasteiger partial charge in [-0.05, 0) is 32.1 Å². The predicted octanol–water partition coefficient (Wildman–Crippen LogP) is 3.43. The van der Waals surface area contributed by atoms with Crippen molar-refractivity contribution < 1.29 is 24.5 Å². The molecular formula is C21H20ClNO6. The third-order valence-corrected chi connectivity index (χ3v) is 5.49. The molecule has 8 heteroatoms. The molecule has 0 radical (unpaired) electrons. The van der Waals surface area contributed by atoms with Crippen LogP contribution in [-0.2, 0) is 0 Å². The quantitative estimate of drug-likeness (QED) is 0.599. The molecule has 0 unspecified atom stereocenters. The van der Waals surface area contributed by atoms with Crippen molar-refractivity contribution in [3.63, 3.8) is 0 Å². The summed E-state index contributed by atoms with van der Waals surface area (Å²) in [5.74, 6) is -0.956. The first-order valence-electron chi connectivity index (χ1n) is 9.17. The minimum absolute atomic E-state index is 0.00865. The second-order valence-electron chi connectivity index (χ2n) is 7.22. The highest BCUT2D eigenvalue weighted by molar-refractivity contribution is 6.32. The summed E-state index contributed by atoms with van der Waals surface area (Å²) in [5, 5.41) is 31.6. The van der Waals surface area contributed by atoms with Crippen LogP contribution in [0.15, 0.2) is 45.6 Å². The van der Waals surface area contributed by atoms with Gasteiger partial charge >= 0.3 is 0 Å². The van der Waals surface area contributed by atoms with E-state index in [2.05, 4.69) is 0 Å². The number of likely N-dealkylation sites (N-methyl/N-ethyl adjacent to an activating group) is 1. The standard InChI is InChI=1S/C21H20ClNO6/c1-23-7-6-11(16(27)10-23)19-13(24)8-14(25)20-15(26)9-18(29-21(19)20)28-17-5-3-2-4-12(17)22/h2-5,8-9,11,16,24-25,27H,6-7,10H2,1H3/t11-,16+/m0/s1. The molecule has 2 aromatic carbocycles. The van der Waals surface area contributed by atoms with Crippen molar-refractivity contribution in [3.05, 3.63) is 57.2 Å². The Morgan fingerprint density at radius 1 is 1.21 bits per heavy atom. The molecule has 1 aromatic heterocycles. The average molecular weight is 418 g/mol. The Hall–Kier alpha value is -2.74. The first kappa shape index (κ1) is 19.6. The van der Waals surface area contributed by atoms with Crippen molar-refractivity contribution in [2.24, 2.45) is 0 Å². The average Bonchev–Trinajstić information content (AvgIpc) is 2.64. The third kappa shape index (κ3) is 3.64. The van der Waals surface area contributed by atoms with Crippen LogP contribution in [0.25, 0.3) is 11.0 Å². The van der Waals surface area contributed by atoms with Crippen LogP contribution < -0.4 is 10.2 Å². The van der Waals surface area contributed by atoms with Crippen molar-refractivity contribution in [1.29, 1.82) is 0 Å². The molecule has 1 saturated heterocycles. The first-order chi connectivity index (χ1) is 13.8. The van der Waals surface area contributed by atoms with E-state index >= 15 is 0 Å². The van der Waals surface area contributed by atoms with E-state index in [1.807, 2.05) is 11.9 Å². The Morgan fingerprint density at radius 3 is 2.69 bits per heavy atom. The molecule has 29 heavy (non-hydrogen) atoms. The second-order valence-corrected chi connectivity index (χ2v) is 7.63. The lowest BCUT2D eigenvalue weighted by molar-refractivity contribution is 0.0630. The Kier molecular flexibility index (Phi) is 5.12. The summed E-state index contributed by atoms with van der Waals surface area (Å²) < 4.78 is 11.4. The number of fused-ring (bicyclic) bond motifs is 1. The van der Waals surface area contributed by atoms with Gasteiger partial charge < -0.3 is 29.4 Å². The zero-order valence-corrected chi connectivity index (χ0v) is 16.4. The molecule has 1 aliphatic heterocycles. The van der Waals surface area contributed by atoms with Gasteiger partial charge in [0.25, 0.3) is 5.95 Å². The molecule has 1 aliphatic rings. The lowest BCUT2D eigenvalue weighted by atomic mass is 9.85. The number of phenolic OH excluding ortho intramolecular Hbond substituents is 2. The van der Waals surface area contributed by atoms with Crippen LogP contribution in [0.5, 0.6) is 23.2 Å². The number of aliphatic hydroxyl groups excluding tert-OH is 1. The molecule has 3 aromatic rings. The lowest BCUT2D eigenvalue weighted by Crippen LogP contribution is -2.40. The van der Waals surface area contributed by atoms with E-state index in [0.717, 1.165) is 12.1 Å². The number of halogens is 1. The van der Waals surface area contributed by atoms with Crippen LogP contribution in [0.4, 0.5) is 0 Å². The fourth-order valence-electron chi connectivity index (χ4n) is 3.77.